The Hall–Kier alpha value is -0.610. The van der Waals surface area contributed by atoms with Crippen molar-refractivity contribution < 1.29 is 14.3 Å². The van der Waals surface area contributed by atoms with E-state index >= 15 is 0 Å². The Morgan fingerprint density at radius 2 is 2.05 bits per heavy atom. The molecule has 0 aromatic carbocycles. The second kappa shape index (κ2) is 6.90. The zero-order chi connectivity index (χ0) is 14.6. The minimum absolute atomic E-state index is 0.0728. The van der Waals surface area contributed by atoms with Crippen LogP contribution in [0.1, 0.15) is 52.9 Å². The van der Waals surface area contributed by atoms with Gasteiger partial charge in [-0.15, -0.1) is 0 Å². The highest BCUT2D eigenvalue weighted by molar-refractivity contribution is 5.81. The van der Waals surface area contributed by atoms with Crippen molar-refractivity contribution in [2.75, 3.05) is 19.8 Å². The fourth-order valence-electron chi connectivity index (χ4n) is 3.89. The lowest BCUT2D eigenvalue weighted by molar-refractivity contribution is -0.154. The van der Waals surface area contributed by atoms with Gasteiger partial charge in [0.05, 0.1) is 12.7 Å². The molecule has 1 N–H and O–H groups in total. The van der Waals surface area contributed by atoms with E-state index in [-0.39, 0.29) is 12.1 Å². The summed E-state index contributed by atoms with van der Waals surface area (Å²) >= 11 is 0. The molecule has 2 rings (SSSR count). The van der Waals surface area contributed by atoms with Crippen LogP contribution in [0.3, 0.4) is 0 Å². The normalized spacial score (nSPS) is 37.9. The van der Waals surface area contributed by atoms with Crippen LogP contribution in [0.25, 0.3) is 0 Å². The molecular formula is C16H29NO3. The summed E-state index contributed by atoms with van der Waals surface area (Å²) in [5.74, 6) is 1.04. The Morgan fingerprint density at radius 1 is 1.35 bits per heavy atom. The van der Waals surface area contributed by atoms with E-state index in [1.807, 2.05) is 6.92 Å². The van der Waals surface area contributed by atoms with Crippen LogP contribution in [0.5, 0.6) is 0 Å². The molecule has 0 aromatic heterocycles. The lowest BCUT2D eigenvalue weighted by Gasteiger charge is -2.42. The average molecular weight is 283 g/mol. The van der Waals surface area contributed by atoms with Gasteiger partial charge in [-0.1, -0.05) is 13.8 Å². The second-order valence-corrected chi connectivity index (χ2v) is 6.67. The summed E-state index contributed by atoms with van der Waals surface area (Å²) < 4.78 is 11.0. The quantitative estimate of drug-likeness (QED) is 0.788. The van der Waals surface area contributed by atoms with Gasteiger partial charge in [0, 0.05) is 13.2 Å². The van der Waals surface area contributed by atoms with E-state index in [0.717, 1.165) is 38.8 Å². The molecule has 3 unspecified atom stereocenters. The van der Waals surface area contributed by atoms with Crippen LogP contribution in [-0.4, -0.2) is 37.4 Å². The molecule has 116 valence electrons. The molecule has 1 saturated heterocycles. The van der Waals surface area contributed by atoms with Gasteiger partial charge in [-0.05, 0) is 50.9 Å². The third kappa shape index (κ3) is 3.73. The maximum Gasteiger partial charge on any atom is 0.326 e. The maximum atomic E-state index is 12.5. The minimum Gasteiger partial charge on any atom is -0.465 e. The Kier molecular flexibility index (Phi) is 5.44. The second-order valence-electron chi connectivity index (χ2n) is 6.67. The van der Waals surface area contributed by atoms with Crippen LogP contribution in [0.2, 0.25) is 0 Å². The molecule has 20 heavy (non-hydrogen) atoms. The fourth-order valence-corrected chi connectivity index (χ4v) is 3.89. The molecule has 2 aliphatic rings. The maximum absolute atomic E-state index is 12.5. The third-order valence-corrected chi connectivity index (χ3v) is 4.56. The van der Waals surface area contributed by atoms with Gasteiger partial charge < -0.3 is 9.47 Å². The highest BCUT2D eigenvalue weighted by Gasteiger charge is 2.45. The van der Waals surface area contributed by atoms with Crippen molar-refractivity contribution in [3.05, 3.63) is 0 Å². The van der Waals surface area contributed by atoms with Crippen molar-refractivity contribution in [1.29, 1.82) is 0 Å². The monoisotopic (exact) mass is 283 g/mol. The van der Waals surface area contributed by atoms with E-state index in [1.165, 1.54) is 6.42 Å². The van der Waals surface area contributed by atoms with E-state index < -0.39 is 5.54 Å². The van der Waals surface area contributed by atoms with E-state index in [2.05, 4.69) is 19.2 Å². The average Bonchev–Trinajstić information content (AvgIpc) is 2.88. The number of hydrogen-bond donors (Lipinski definition) is 1. The molecule has 1 heterocycles. The number of carbonyl (C=O) groups is 1. The van der Waals surface area contributed by atoms with Gasteiger partial charge in [0.25, 0.3) is 0 Å². The summed E-state index contributed by atoms with van der Waals surface area (Å²) in [4.78, 5) is 12.5. The van der Waals surface area contributed by atoms with Crippen molar-refractivity contribution >= 4 is 5.97 Å². The molecule has 0 radical (unpaired) electrons. The number of nitrogens with one attached hydrogen (secondary N) is 1. The zero-order valence-electron chi connectivity index (χ0n) is 13.1. The summed E-state index contributed by atoms with van der Waals surface area (Å²) in [6.45, 7) is 8.41. The summed E-state index contributed by atoms with van der Waals surface area (Å²) in [5.41, 5.74) is -0.501. The Labute approximate surface area is 122 Å². The molecule has 4 nitrogen and oxygen atoms in total. The molecule has 1 aliphatic heterocycles. The third-order valence-electron chi connectivity index (χ3n) is 4.56. The van der Waals surface area contributed by atoms with Crippen LogP contribution >= 0.6 is 0 Å². The zero-order valence-corrected chi connectivity index (χ0v) is 13.1. The number of hydrogen-bond acceptors (Lipinski definition) is 4. The van der Waals surface area contributed by atoms with Crippen LogP contribution in [0.15, 0.2) is 0 Å². The molecule has 0 bridgehead atoms. The molecule has 0 spiro atoms. The number of ether oxygens (including phenoxy) is 2. The van der Waals surface area contributed by atoms with Gasteiger partial charge >= 0.3 is 5.97 Å². The van der Waals surface area contributed by atoms with Crippen LogP contribution in [0, 0.1) is 11.8 Å². The molecule has 0 amide bonds. The smallest absolute Gasteiger partial charge is 0.326 e. The van der Waals surface area contributed by atoms with Crippen molar-refractivity contribution in [2.45, 2.75) is 64.5 Å². The Balaban J connectivity index is 2.03. The van der Waals surface area contributed by atoms with Crippen LogP contribution in [-0.2, 0) is 14.3 Å². The van der Waals surface area contributed by atoms with Crippen molar-refractivity contribution in [1.82, 2.24) is 5.32 Å². The van der Waals surface area contributed by atoms with Crippen molar-refractivity contribution in [3.8, 4) is 0 Å². The topological polar surface area (TPSA) is 47.6 Å². The van der Waals surface area contributed by atoms with E-state index in [9.17, 15) is 4.79 Å². The summed E-state index contributed by atoms with van der Waals surface area (Å²) in [5, 5.41) is 3.52. The van der Waals surface area contributed by atoms with Crippen LogP contribution < -0.4 is 5.32 Å². The Bertz CT molecular complexity index is 316. The predicted molar refractivity (Wildman–Crippen MR) is 78.5 cm³/mol. The first-order valence-electron chi connectivity index (χ1n) is 8.09. The van der Waals surface area contributed by atoms with Crippen LogP contribution in [0.4, 0.5) is 0 Å². The minimum atomic E-state index is -0.501. The van der Waals surface area contributed by atoms with Gasteiger partial charge in [-0.3, -0.25) is 10.1 Å². The molecule has 2 fully saturated rings. The fraction of sp³-hybridized carbons (Fsp3) is 0.938. The number of esters is 1. The standard InChI is InChI=1S/C16H29NO3/c1-4-19-15(18)16(9-12(2)8-13(3)10-16)17-11-14-6-5-7-20-14/h12-14,17H,4-11H2,1-3H3. The van der Waals surface area contributed by atoms with Gasteiger partial charge in [-0.2, -0.15) is 0 Å². The SMILES string of the molecule is CCOC(=O)C1(NCC2CCCO2)CC(C)CC(C)C1. The molecular weight excluding hydrogens is 254 g/mol. The molecule has 1 aliphatic carbocycles. The molecule has 4 heteroatoms. The first kappa shape index (κ1) is 15.8. The van der Waals surface area contributed by atoms with Gasteiger partial charge in [-0.25, -0.2) is 0 Å². The molecule has 3 atom stereocenters. The van der Waals surface area contributed by atoms with E-state index in [0.29, 0.717) is 18.4 Å². The molecule has 0 aromatic rings. The predicted octanol–water partition coefficient (Wildman–Crippen LogP) is 2.51. The number of carbonyl (C=O) groups excluding carboxylic acids is 1. The lowest BCUT2D eigenvalue weighted by atomic mass is 9.71. The summed E-state index contributed by atoms with van der Waals surface area (Å²) in [7, 11) is 0. The highest BCUT2D eigenvalue weighted by Crippen LogP contribution is 2.37. The molecule has 1 saturated carbocycles. The summed E-state index contributed by atoms with van der Waals surface area (Å²) in [6.07, 6.45) is 5.44. The lowest BCUT2D eigenvalue weighted by Crippen LogP contribution is -2.58. The summed E-state index contributed by atoms with van der Waals surface area (Å²) in [6, 6.07) is 0. The van der Waals surface area contributed by atoms with Gasteiger partial charge in [0.2, 0.25) is 0 Å². The van der Waals surface area contributed by atoms with Crippen molar-refractivity contribution in [2.24, 2.45) is 11.8 Å². The Morgan fingerprint density at radius 3 is 2.60 bits per heavy atom. The number of rotatable bonds is 5. The van der Waals surface area contributed by atoms with Crippen molar-refractivity contribution in [3.63, 3.8) is 0 Å². The van der Waals surface area contributed by atoms with Gasteiger partial charge in [0.15, 0.2) is 0 Å². The van der Waals surface area contributed by atoms with E-state index in [4.69, 9.17) is 9.47 Å². The first-order valence-corrected chi connectivity index (χ1v) is 8.09. The van der Waals surface area contributed by atoms with Gasteiger partial charge in [0.1, 0.15) is 5.54 Å². The first-order chi connectivity index (χ1) is 9.55. The highest BCUT2D eigenvalue weighted by atomic mass is 16.5. The largest absolute Gasteiger partial charge is 0.465 e. The van der Waals surface area contributed by atoms with E-state index in [1.54, 1.807) is 0 Å².